The van der Waals surface area contributed by atoms with Gasteiger partial charge in [-0.05, 0) is 42.3 Å². The highest BCUT2D eigenvalue weighted by Gasteiger charge is 2.60. The van der Waals surface area contributed by atoms with E-state index in [0.29, 0.717) is 35.2 Å². The minimum absolute atomic E-state index is 0.0143. The first-order valence-corrected chi connectivity index (χ1v) is 11.4. The Labute approximate surface area is 200 Å². The van der Waals surface area contributed by atoms with Gasteiger partial charge in [0.2, 0.25) is 0 Å². The highest BCUT2D eigenvalue weighted by molar-refractivity contribution is 6.31. The van der Waals surface area contributed by atoms with Crippen LogP contribution < -0.4 is 5.32 Å². The Kier molecular flexibility index (Phi) is 5.37. The predicted octanol–water partition coefficient (Wildman–Crippen LogP) is 4.11. The average Bonchev–Trinajstić information content (AvgIpc) is 3.22. The summed E-state index contributed by atoms with van der Waals surface area (Å²) < 4.78 is 14.2. The minimum Gasteiger partial charge on any atom is -0.508 e. The van der Waals surface area contributed by atoms with Crippen molar-refractivity contribution in [1.82, 2.24) is 20.1 Å². The number of imide groups is 1. The van der Waals surface area contributed by atoms with Crippen molar-refractivity contribution in [3.05, 3.63) is 76.7 Å². The molecule has 1 fully saturated rings. The summed E-state index contributed by atoms with van der Waals surface area (Å²) >= 11 is 6.09. The van der Waals surface area contributed by atoms with Gasteiger partial charge in [-0.3, -0.25) is 14.6 Å². The number of benzene rings is 2. The van der Waals surface area contributed by atoms with Crippen molar-refractivity contribution in [3.8, 4) is 5.75 Å². The molecule has 34 heavy (non-hydrogen) atoms. The van der Waals surface area contributed by atoms with Crippen molar-refractivity contribution in [3.63, 3.8) is 0 Å². The highest BCUT2D eigenvalue weighted by Crippen LogP contribution is 2.49. The lowest BCUT2D eigenvalue weighted by atomic mass is 9.81. The Morgan fingerprint density at radius 3 is 2.88 bits per heavy atom. The second-order valence-corrected chi connectivity index (χ2v) is 9.29. The van der Waals surface area contributed by atoms with Crippen molar-refractivity contribution < 1.29 is 19.1 Å². The molecule has 2 aromatic carbocycles. The SMILES string of the molecule is C=CCNCCN1C(=O)N2C(c3cccc(O)c3)c3[nH]c4cc(F)c(Cl)cc4c3CC2(C)C1=O. The number of aromatic hydroxyl groups is 1. The molecule has 0 bridgehead atoms. The number of aromatic nitrogens is 1. The number of carbonyl (C=O) groups excluding carboxylic acids is 2. The second kappa shape index (κ2) is 8.14. The lowest BCUT2D eigenvalue weighted by Gasteiger charge is -2.42. The van der Waals surface area contributed by atoms with E-state index in [1.165, 1.54) is 11.0 Å². The lowest BCUT2D eigenvalue weighted by Crippen LogP contribution is -2.53. The van der Waals surface area contributed by atoms with Gasteiger partial charge in [-0.25, -0.2) is 9.18 Å². The van der Waals surface area contributed by atoms with Crippen LogP contribution >= 0.6 is 11.6 Å². The fourth-order valence-corrected chi connectivity index (χ4v) is 5.31. The monoisotopic (exact) mass is 482 g/mol. The molecule has 2 aliphatic rings. The topological polar surface area (TPSA) is 88.7 Å². The van der Waals surface area contributed by atoms with Gasteiger partial charge in [-0.1, -0.05) is 29.8 Å². The van der Waals surface area contributed by atoms with Gasteiger partial charge in [-0.15, -0.1) is 6.58 Å². The number of rotatable bonds is 6. The summed E-state index contributed by atoms with van der Waals surface area (Å²) in [5.41, 5.74) is 1.49. The van der Waals surface area contributed by atoms with E-state index in [-0.39, 0.29) is 29.6 Å². The Balaban J connectivity index is 1.67. The fourth-order valence-electron chi connectivity index (χ4n) is 5.14. The maximum absolute atomic E-state index is 14.2. The molecule has 176 valence electrons. The van der Waals surface area contributed by atoms with Crippen molar-refractivity contribution >= 4 is 34.4 Å². The predicted molar refractivity (Wildman–Crippen MR) is 127 cm³/mol. The van der Waals surface area contributed by atoms with Crippen molar-refractivity contribution in [1.29, 1.82) is 0 Å². The van der Waals surface area contributed by atoms with Crippen LogP contribution in [0.5, 0.6) is 5.75 Å². The number of nitrogens with zero attached hydrogens (tertiary/aromatic N) is 2. The maximum atomic E-state index is 14.2. The Bertz CT molecular complexity index is 1340. The molecule has 0 aliphatic carbocycles. The Morgan fingerprint density at radius 2 is 2.15 bits per heavy atom. The summed E-state index contributed by atoms with van der Waals surface area (Å²) in [6, 6.07) is 8.39. The molecule has 7 nitrogen and oxygen atoms in total. The summed E-state index contributed by atoms with van der Waals surface area (Å²) in [5, 5.41) is 14.0. The Hall–Kier alpha value is -3.36. The van der Waals surface area contributed by atoms with Crippen LogP contribution in [0.3, 0.4) is 0 Å². The number of hydrogen-bond donors (Lipinski definition) is 3. The number of phenols is 1. The van der Waals surface area contributed by atoms with Crippen LogP contribution in [-0.4, -0.2) is 57.0 Å². The smallest absolute Gasteiger partial charge is 0.328 e. The summed E-state index contributed by atoms with van der Waals surface area (Å²) in [7, 11) is 0. The van der Waals surface area contributed by atoms with E-state index >= 15 is 0 Å². The largest absolute Gasteiger partial charge is 0.508 e. The third kappa shape index (κ3) is 3.28. The van der Waals surface area contributed by atoms with E-state index in [1.54, 1.807) is 48.2 Å². The Morgan fingerprint density at radius 1 is 1.35 bits per heavy atom. The molecule has 1 aromatic heterocycles. The number of hydrogen-bond acceptors (Lipinski definition) is 4. The number of amides is 3. The first-order chi connectivity index (χ1) is 16.3. The number of nitrogens with one attached hydrogen (secondary N) is 2. The van der Waals surface area contributed by atoms with E-state index in [1.807, 2.05) is 0 Å². The molecule has 0 spiro atoms. The van der Waals surface area contributed by atoms with Crippen LogP contribution in [0.25, 0.3) is 10.9 Å². The van der Waals surface area contributed by atoms with E-state index in [2.05, 4.69) is 16.9 Å². The van der Waals surface area contributed by atoms with Gasteiger partial charge in [0.15, 0.2) is 0 Å². The molecule has 3 aromatic rings. The van der Waals surface area contributed by atoms with Crippen LogP contribution in [-0.2, 0) is 11.2 Å². The average molecular weight is 483 g/mol. The first-order valence-electron chi connectivity index (χ1n) is 11.0. The summed E-state index contributed by atoms with van der Waals surface area (Å²) in [5.74, 6) is -0.810. The number of halogens is 2. The van der Waals surface area contributed by atoms with E-state index < -0.39 is 23.4 Å². The number of fused-ring (bicyclic) bond motifs is 4. The standard InChI is InChI=1S/C25H24ClFN4O3/c1-3-7-28-8-9-30-23(33)25(2)13-17-16-11-18(26)19(27)12-20(16)29-21(17)22(31(25)24(30)34)14-5-4-6-15(32)10-14/h3-6,10-12,22,28-29,32H,1,7-9,13H2,2H3. The molecule has 5 rings (SSSR count). The van der Waals surface area contributed by atoms with Gasteiger partial charge in [0, 0.05) is 42.7 Å². The third-order valence-corrected chi connectivity index (χ3v) is 6.98. The van der Waals surface area contributed by atoms with Crippen LogP contribution in [0.1, 0.15) is 29.8 Å². The second-order valence-electron chi connectivity index (χ2n) is 8.88. The fraction of sp³-hybridized carbons (Fsp3) is 0.280. The molecule has 2 unspecified atom stereocenters. The molecule has 3 heterocycles. The summed E-state index contributed by atoms with van der Waals surface area (Å²) in [4.78, 5) is 33.4. The molecule has 0 radical (unpaired) electrons. The molecule has 9 heteroatoms. The normalized spacial score (nSPS) is 21.8. The summed E-state index contributed by atoms with van der Waals surface area (Å²) in [6.07, 6.45) is 1.96. The van der Waals surface area contributed by atoms with Crippen molar-refractivity contribution in [2.75, 3.05) is 19.6 Å². The van der Waals surface area contributed by atoms with Gasteiger partial charge in [-0.2, -0.15) is 0 Å². The van der Waals surface area contributed by atoms with Gasteiger partial charge < -0.3 is 15.4 Å². The zero-order chi connectivity index (χ0) is 24.2. The minimum atomic E-state index is -1.16. The van der Waals surface area contributed by atoms with Crippen LogP contribution in [0.15, 0.2) is 49.1 Å². The first kappa shape index (κ1) is 22.4. The van der Waals surface area contributed by atoms with E-state index in [9.17, 15) is 19.1 Å². The van der Waals surface area contributed by atoms with Crippen LogP contribution in [0.4, 0.5) is 9.18 Å². The van der Waals surface area contributed by atoms with Crippen LogP contribution in [0.2, 0.25) is 5.02 Å². The van der Waals surface area contributed by atoms with Gasteiger partial charge in [0.05, 0.1) is 5.02 Å². The zero-order valence-electron chi connectivity index (χ0n) is 18.6. The molecule has 3 N–H and O–H groups in total. The lowest BCUT2D eigenvalue weighted by molar-refractivity contribution is -0.133. The zero-order valence-corrected chi connectivity index (χ0v) is 19.3. The van der Waals surface area contributed by atoms with Crippen LogP contribution in [0, 0.1) is 5.82 Å². The number of phenolic OH excluding ortho intramolecular Hbond substituents is 1. The molecule has 3 amide bonds. The molecule has 2 atom stereocenters. The third-order valence-electron chi connectivity index (χ3n) is 6.69. The van der Waals surface area contributed by atoms with Crippen molar-refractivity contribution in [2.24, 2.45) is 0 Å². The molecular weight excluding hydrogens is 459 g/mol. The van der Waals surface area contributed by atoms with Gasteiger partial charge >= 0.3 is 6.03 Å². The van der Waals surface area contributed by atoms with E-state index in [0.717, 1.165) is 5.56 Å². The van der Waals surface area contributed by atoms with E-state index in [4.69, 9.17) is 11.6 Å². The molecule has 0 saturated carbocycles. The highest BCUT2D eigenvalue weighted by atomic mass is 35.5. The molecule has 1 saturated heterocycles. The molecule has 2 aliphatic heterocycles. The quantitative estimate of drug-likeness (QED) is 0.280. The number of H-pyrrole nitrogens is 1. The number of aromatic amines is 1. The van der Waals surface area contributed by atoms with Gasteiger partial charge in [0.25, 0.3) is 5.91 Å². The van der Waals surface area contributed by atoms with Crippen molar-refractivity contribution in [2.45, 2.75) is 24.9 Å². The number of urea groups is 1. The molecular formula is C25H24ClFN4O3. The van der Waals surface area contributed by atoms with Gasteiger partial charge in [0.1, 0.15) is 23.1 Å². The summed E-state index contributed by atoms with van der Waals surface area (Å²) in [6.45, 7) is 6.64. The number of carbonyl (C=O) groups is 2. The maximum Gasteiger partial charge on any atom is 0.328 e.